The monoisotopic (exact) mass is 544 g/mol. The number of H-pyrrole nitrogens is 1. The van der Waals surface area contributed by atoms with E-state index < -0.39 is 22.5 Å². The molecule has 4 aromatic rings. The Hall–Kier alpha value is -4.18. The minimum atomic E-state index is -1.20. The van der Waals surface area contributed by atoms with E-state index in [1.807, 2.05) is 78.9 Å². The fraction of sp³-hybridized carbons (Fsp3) is 0.290. The van der Waals surface area contributed by atoms with Gasteiger partial charge in [-0.05, 0) is 47.9 Å². The average Bonchev–Trinajstić information content (AvgIpc) is 3.01. The summed E-state index contributed by atoms with van der Waals surface area (Å²) in [4.78, 5) is 27.1. The summed E-state index contributed by atoms with van der Waals surface area (Å²) in [6.45, 7) is 1.10. The number of ether oxygens (including phenoxy) is 4. The van der Waals surface area contributed by atoms with Crippen molar-refractivity contribution in [3.8, 4) is 11.5 Å². The normalized spacial score (nSPS) is 16.8. The van der Waals surface area contributed by atoms with Crippen molar-refractivity contribution >= 4 is 0 Å². The largest absolute Gasteiger partial charge is 0.497 e. The zero-order valence-electron chi connectivity index (χ0n) is 22.7. The van der Waals surface area contributed by atoms with Crippen LogP contribution in [0.3, 0.4) is 0 Å². The smallest absolute Gasteiger partial charge is 0.330 e. The molecule has 0 bridgehead atoms. The van der Waals surface area contributed by atoms with Gasteiger partial charge in [-0.15, -0.1) is 0 Å². The molecule has 2 heterocycles. The molecule has 1 atom stereocenters. The predicted molar refractivity (Wildman–Crippen MR) is 149 cm³/mol. The van der Waals surface area contributed by atoms with E-state index in [1.165, 1.54) is 4.57 Å². The molecule has 5 rings (SSSR count). The summed E-state index contributed by atoms with van der Waals surface area (Å²) < 4.78 is 25.3. The number of aliphatic hydroxyl groups excluding tert-OH is 1. The molecule has 1 aliphatic rings. The Balaban J connectivity index is 1.64. The number of nitrogens with one attached hydrogen (secondary N) is 1. The molecule has 0 saturated carbocycles. The summed E-state index contributed by atoms with van der Waals surface area (Å²) in [6, 6.07) is 25.1. The zero-order valence-corrected chi connectivity index (χ0v) is 22.7. The van der Waals surface area contributed by atoms with E-state index >= 15 is 0 Å². The van der Waals surface area contributed by atoms with E-state index in [2.05, 4.69) is 4.98 Å². The molecule has 0 saturated heterocycles. The Morgan fingerprint density at radius 2 is 1.45 bits per heavy atom. The summed E-state index contributed by atoms with van der Waals surface area (Å²) in [7, 11) is 3.22. The second-order valence-corrected chi connectivity index (χ2v) is 9.84. The first-order valence-corrected chi connectivity index (χ1v) is 12.9. The van der Waals surface area contributed by atoms with E-state index in [0.29, 0.717) is 22.8 Å². The fourth-order valence-electron chi connectivity index (χ4n) is 5.19. The lowest BCUT2D eigenvalue weighted by atomic mass is 9.79. The number of aromatic nitrogens is 2. The third-order valence-corrected chi connectivity index (χ3v) is 7.57. The van der Waals surface area contributed by atoms with E-state index in [-0.39, 0.29) is 26.4 Å². The van der Waals surface area contributed by atoms with E-state index in [0.717, 1.165) is 16.7 Å². The Morgan fingerprint density at radius 3 is 1.98 bits per heavy atom. The lowest BCUT2D eigenvalue weighted by Crippen LogP contribution is -2.53. The van der Waals surface area contributed by atoms with Crippen molar-refractivity contribution < 1.29 is 24.1 Å². The number of rotatable bonds is 9. The van der Waals surface area contributed by atoms with Gasteiger partial charge in [0.1, 0.15) is 29.4 Å². The van der Waals surface area contributed by atoms with Crippen molar-refractivity contribution in [2.75, 3.05) is 27.4 Å². The molecule has 0 radical (unpaired) electrons. The average molecular weight is 545 g/mol. The Labute approximate surface area is 231 Å². The maximum atomic E-state index is 12.4. The van der Waals surface area contributed by atoms with Crippen LogP contribution in [0, 0.1) is 6.92 Å². The Morgan fingerprint density at radius 1 is 0.900 bits per heavy atom. The van der Waals surface area contributed by atoms with Crippen molar-refractivity contribution in [3.05, 3.63) is 128 Å². The molecule has 9 nitrogen and oxygen atoms in total. The molecule has 1 aromatic heterocycles. The van der Waals surface area contributed by atoms with Crippen molar-refractivity contribution in [2.45, 2.75) is 31.3 Å². The second kappa shape index (κ2) is 11.1. The van der Waals surface area contributed by atoms with Crippen LogP contribution in [0.25, 0.3) is 0 Å². The summed E-state index contributed by atoms with van der Waals surface area (Å²) >= 11 is 0. The number of methoxy groups -OCH3 is 2. The van der Waals surface area contributed by atoms with Gasteiger partial charge in [-0.3, -0.25) is 14.3 Å². The number of aromatic amines is 1. The van der Waals surface area contributed by atoms with Gasteiger partial charge >= 0.3 is 5.69 Å². The molecule has 0 aliphatic carbocycles. The van der Waals surface area contributed by atoms with Crippen LogP contribution in [0.15, 0.2) is 88.5 Å². The highest BCUT2D eigenvalue weighted by molar-refractivity contribution is 5.49. The molecule has 2 N–H and O–H groups in total. The third-order valence-electron chi connectivity index (χ3n) is 7.57. The standard InChI is InChI=1S/C31H32N2O7/c1-21-27-17-30(18-34,40-20-33(27)29(36)32-28(21)35)19-39-31(22-7-5-4-6-8-22,23-9-13-25(37-2)14-10-23)24-11-15-26(38-3)16-12-24/h4-16,34H,17-20H2,1-3H3,(H,32,35,36)/t30-/m1/s1. The quantitative estimate of drug-likeness (QED) is 0.312. The summed E-state index contributed by atoms with van der Waals surface area (Å²) in [5.41, 5.74) is 0.107. The lowest BCUT2D eigenvalue weighted by molar-refractivity contribution is -0.177. The van der Waals surface area contributed by atoms with Gasteiger partial charge in [-0.2, -0.15) is 0 Å². The van der Waals surface area contributed by atoms with Gasteiger partial charge in [0, 0.05) is 17.7 Å². The molecule has 0 unspecified atom stereocenters. The molecule has 0 fully saturated rings. The highest BCUT2D eigenvalue weighted by Gasteiger charge is 2.44. The van der Waals surface area contributed by atoms with Crippen LogP contribution in [0.4, 0.5) is 0 Å². The van der Waals surface area contributed by atoms with Crippen molar-refractivity contribution in [1.82, 2.24) is 9.55 Å². The highest BCUT2D eigenvalue weighted by Crippen LogP contribution is 2.43. The topological polar surface area (TPSA) is 112 Å². The first kappa shape index (κ1) is 27.4. The van der Waals surface area contributed by atoms with E-state index in [9.17, 15) is 14.7 Å². The Kier molecular flexibility index (Phi) is 7.62. The second-order valence-electron chi connectivity index (χ2n) is 9.84. The van der Waals surface area contributed by atoms with Gasteiger partial charge in [-0.25, -0.2) is 4.79 Å². The van der Waals surface area contributed by atoms with Gasteiger partial charge in [0.15, 0.2) is 0 Å². The van der Waals surface area contributed by atoms with Gasteiger partial charge in [0.05, 0.1) is 27.4 Å². The maximum absolute atomic E-state index is 12.4. The minimum Gasteiger partial charge on any atom is -0.497 e. The van der Waals surface area contributed by atoms with Gasteiger partial charge in [-0.1, -0.05) is 54.6 Å². The molecular formula is C31H32N2O7. The molecule has 1 aliphatic heterocycles. The molecule has 208 valence electrons. The van der Waals surface area contributed by atoms with Crippen molar-refractivity contribution in [3.63, 3.8) is 0 Å². The molecule has 9 heteroatoms. The van der Waals surface area contributed by atoms with E-state index in [1.54, 1.807) is 21.1 Å². The van der Waals surface area contributed by atoms with Crippen LogP contribution in [-0.2, 0) is 28.2 Å². The summed E-state index contributed by atoms with van der Waals surface area (Å²) in [5, 5.41) is 10.6. The molecule has 0 amide bonds. The van der Waals surface area contributed by atoms with Crippen LogP contribution >= 0.6 is 0 Å². The third kappa shape index (κ3) is 4.83. The number of fused-ring (bicyclic) bond motifs is 1. The highest BCUT2D eigenvalue weighted by atomic mass is 16.6. The van der Waals surface area contributed by atoms with E-state index in [4.69, 9.17) is 18.9 Å². The first-order chi connectivity index (χ1) is 19.4. The first-order valence-electron chi connectivity index (χ1n) is 12.9. The molecular weight excluding hydrogens is 512 g/mol. The van der Waals surface area contributed by atoms with Crippen molar-refractivity contribution in [2.24, 2.45) is 0 Å². The number of hydrogen-bond acceptors (Lipinski definition) is 7. The number of benzene rings is 3. The van der Waals surface area contributed by atoms with Crippen molar-refractivity contribution in [1.29, 1.82) is 0 Å². The fourth-order valence-corrected chi connectivity index (χ4v) is 5.19. The molecule has 0 spiro atoms. The Bertz CT molecular complexity index is 1530. The van der Waals surface area contributed by atoms with Crippen LogP contribution in [0.5, 0.6) is 11.5 Å². The van der Waals surface area contributed by atoms with Gasteiger partial charge < -0.3 is 24.1 Å². The summed E-state index contributed by atoms with van der Waals surface area (Å²) in [5.74, 6) is 1.40. The predicted octanol–water partition coefficient (Wildman–Crippen LogP) is 3.13. The maximum Gasteiger partial charge on any atom is 0.330 e. The SMILES string of the molecule is COc1ccc(C(OC[C@]2(CO)Cc3c(C)c(=O)[nH]c(=O)n3CO2)(c2ccccc2)c2ccc(OC)cc2)cc1. The van der Waals surface area contributed by atoms with Crippen LogP contribution in [0.1, 0.15) is 27.9 Å². The summed E-state index contributed by atoms with van der Waals surface area (Å²) in [6.07, 6.45) is 0.116. The lowest BCUT2D eigenvalue weighted by Gasteiger charge is -2.42. The number of hydrogen-bond donors (Lipinski definition) is 2. The number of aliphatic hydroxyl groups is 1. The molecule has 3 aromatic carbocycles. The number of nitrogens with zero attached hydrogens (tertiary/aromatic N) is 1. The zero-order chi connectivity index (χ0) is 28.3. The molecule has 40 heavy (non-hydrogen) atoms. The van der Waals surface area contributed by atoms with Crippen LogP contribution in [0.2, 0.25) is 0 Å². The van der Waals surface area contributed by atoms with Crippen LogP contribution in [-0.4, -0.2) is 47.7 Å². The van der Waals surface area contributed by atoms with Gasteiger partial charge in [0.25, 0.3) is 5.56 Å². The minimum absolute atomic E-state index is 0.0448. The van der Waals surface area contributed by atoms with Gasteiger partial charge in [0.2, 0.25) is 0 Å². The van der Waals surface area contributed by atoms with Crippen LogP contribution < -0.4 is 20.7 Å².